The third-order valence-corrected chi connectivity index (χ3v) is 2.71. The molecular weight excluding hydrogens is 353 g/mol. The van der Waals surface area contributed by atoms with Crippen molar-refractivity contribution < 1.29 is 24.2 Å². The number of carboxylic acid groups (broad SMARTS) is 1. The first-order valence-electron chi connectivity index (χ1n) is 5.04. The minimum atomic E-state index is -1.31. The second-order valence-electron chi connectivity index (χ2n) is 3.26. The fourth-order valence-corrected chi connectivity index (χ4v) is 1.99. The second kappa shape index (κ2) is 6.43. The Morgan fingerprint density at radius 1 is 1.39 bits per heavy atom. The number of aromatic carboxylic acids is 1. The maximum absolute atomic E-state index is 10.8. The van der Waals surface area contributed by atoms with Crippen LogP contribution < -0.4 is 20.3 Å². The Balaban J connectivity index is 3.13. The van der Waals surface area contributed by atoms with Gasteiger partial charge in [0.2, 0.25) is 0 Å². The minimum absolute atomic E-state index is 0.0192. The van der Waals surface area contributed by atoms with Gasteiger partial charge < -0.3 is 25.1 Å². The third-order valence-electron chi connectivity index (χ3n) is 1.90. The van der Waals surface area contributed by atoms with Crippen molar-refractivity contribution in [2.75, 3.05) is 13.2 Å². The molecule has 1 amide bonds. The summed E-state index contributed by atoms with van der Waals surface area (Å²) in [5.74, 6) is -1.40. The molecule has 0 heterocycles. The van der Waals surface area contributed by atoms with Gasteiger partial charge in [0.05, 0.1) is 16.1 Å². The highest BCUT2D eigenvalue weighted by molar-refractivity contribution is 14.1. The van der Waals surface area contributed by atoms with Gasteiger partial charge >= 0.3 is 0 Å². The van der Waals surface area contributed by atoms with Crippen molar-refractivity contribution in [2.24, 2.45) is 5.73 Å². The molecule has 6 nitrogen and oxygen atoms in total. The third kappa shape index (κ3) is 3.76. The molecule has 0 unspecified atom stereocenters. The lowest BCUT2D eigenvalue weighted by Crippen LogP contribution is -2.23. The zero-order chi connectivity index (χ0) is 13.7. The molecule has 0 fully saturated rings. The first-order valence-corrected chi connectivity index (χ1v) is 6.12. The summed E-state index contributed by atoms with van der Waals surface area (Å²) in [5.41, 5.74) is 4.96. The van der Waals surface area contributed by atoms with Crippen LogP contribution in [-0.4, -0.2) is 25.1 Å². The SMILES string of the molecule is CCOc1cc(C(=O)[O-])cc(I)c1OCC(N)=O. The molecule has 98 valence electrons. The van der Waals surface area contributed by atoms with E-state index in [1.807, 2.05) is 22.6 Å². The average molecular weight is 364 g/mol. The highest BCUT2D eigenvalue weighted by Gasteiger charge is 2.13. The summed E-state index contributed by atoms with van der Waals surface area (Å²) in [6.07, 6.45) is 0. The van der Waals surface area contributed by atoms with Crippen LogP contribution in [0.4, 0.5) is 0 Å². The van der Waals surface area contributed by atoms with Gasteiger partial charge in [0.1, 0.15) is 0 Å². The minimum Gasteiger partial charge on any atom is -0.545 e. The van der Waals surface area contributed by atoms with E-state index in [4.69, 9.17) is 15.2 Å². The van der Waals surface area contributed by atoms with Gasteiger partial charge in [-0.05, 0) is 41.6 Å². The molecule has 0 bridgehead atoms. The Labute approximate surface area is 117 Å². The largest absolute Gasteiger partial charge is 0.545 e. The number of ether oxygens (including phenoxy) is 2. The molecule has 0 atom stereocenters. The van der Waals surface area contributed by atoms with E-state index in [-0.39, 0.29) is 17.9 Å². The van der Waals surface area contributed by atoms with Crippen LogP contribution in [0.2, 0.25) is 0 Å². The smallest absolute Gasteiger partial charge is 0.255 e. The highest BCUT2D eigenvalue weighted by Crippen LogP contribution is 2.34. The lowest BCUT2D eigenvalue weighted by molar-refractivity contribution is -0.255. The van der Waals surface area contributed by atoms with Crippen molar-refractivity contribution >= 4 is 34.5 Å². The maximum Gasteiger partial charge on any atom is 0.255 e. The Hall–Kier alpha value is -1.51. The number of benzene rings is 1. The van der Waals surface area contributed by atoms with Crippen LogP contribution in [0.3, 0.4) is 0 Å². The van der Waals surface area contributed by atoms with E-state index >= 15 is 0 Å². The van der Waals surface area contributed by atoms with Crippen LogP contribution in [0.1, 0.15) is 17.3 Å². The predicted octanol–water partition coefficient (Wildman–Crippen LogP) is -0.0825. The molecule has 0 aliphatic carbocycles. The van der Waals surface area contributed by atoms with E-state index in [2.05, 4.69) is 0 Å². The summed E-state index contributed by atoms with van der Waals surface area (Å²) in [6, 6.07) is 2.66. The lowest BCUT2D eigenvalue weighted by atomic mass is 10.2. The van der Waals surface area contributed by atoms with Gasteiger partial charge in [-0.15, -0.1) is 0 Å². The number of amides is 1. The van der Waals surface area contributed by atoms with Gasteiger partial charge in [-0.2, -0.15) is 0 Å². The molecular formula is C11H11INO5-. The van der Waals surface area contributed by atoms with E-state index in [0.717, 1.165) is 0 Å². The summed E-state index contributed by atoms with van der Waals surface area (Å²) in [6.45, 7) is 1.77. The zero-order valence-electron chi connectivity index (χ0n) is 9.57. The standard InChI is InChI=1S/C11H12INO5/c1-2-17-8-4-6(11(15)16)3-7(12)10(8)18-5-9(13)14/h3-4H,2,5H2,1H3,(H2,13,14)(H,15,16)/p-1. The molecule has 1 aromatic carbocycles. The van der Waals surface area contributed by atoms with E-state index < -0.39 is 11.9 Å². The molecule has 0 spiro atoms. The molecule has 2 N–H and O–H groups in total. The summed E-state index contributed by atoms with van der Waals surface area (Å²) in [7, 11) is 0. The van der Waals surface area contributed by atoms with Crippen LogP contribution in [0.15, 0.2) is 12.1 Å². The zero-order valence-corrected chi connectivity index (χ0v) is 11.7. The van der Waals surface area contributed by atoms with Gasteiger partial charge in [0.25, 0.3) is 5.91 Å². The highest BCUT2D eigenvalue weighted by atomic mass is 127. The van der Waals surface area contributed by atoms with Crippen LogP contribution in [0.25, 0.3) is 0 Å². The summed E-state index contributed by atoms with van der Waals surface area (Å²) >= 11 is 1.88. The first kappa shape index (κ1) is 14.6. The van der Waals surface area contributed by atoms with Crippen LogP contribution in [-0.2, 0) is 4.79 Å². The topological polar surface area (TPSA) is 102 Å². The monoisotopic (exact) mass is 364 g/mol. The van der Waals surface area contributed by atoms with Crippen molar-refractivity contribution in [1.82, 2.24) is 0 Å². The van der Waals surface area contributed by atoms with Crippen molar-refractivity contribution in [2.45, 2.75) is 6.92 Å². The number of halogens is 1. The molecule has 0 aromatic heterocycles. The molecule has 1 aromatic rings. The second-order valence-corrected chi connectivity index (χ2v) is 4.42. The molecule has 0 radical (unpaired) electrons. The average Bonchev–Trinajstić information content (AvgIpc) is 2.27. The van der Waals surface area contributed by atoms with E-state index in [1.165, 1.54) is 12.1 Å². The van der Waals surface area contributed by atoms with Gasteiger partial charge in [0.15, 0.2) is 18.1 Å². The van der Waals surface area contributed by atoms with Gasteiger partial charge in [-0.1, -0.05) is 0 Å². The first-order chi connectivity index (χ1) is 8.45. The molecule has 0 aliphatic heterocycles. The van der Waals surface area contributed by atoms with Crippen molar-refractivity contribution in [1.29, 1.82) is 0 Å². The Morgan fingerprint density at radius 3 is 2.56 bits per heavy atom. The molecule has 18 heavy (non-hydrogen) atoms. The predicted molar refractivity (Wildman–Crippen MR) is 69.3 cm³/mol. The van der Waals surface area contributed by atoms with E-state index in [1.54, 1.807) is 6.92 Å². The van der Waals surface area contributed by atoms with E-state index in [0.29, 0.717) is 15.9 Å². The number of primary amides is 1. The number of nitrogens with two attached hydrogens (primary N) is 1. The summed E-state index contributed by atoms with van der Waals surface area (Å²) < 4.78 is 11.0. The quantitative estimate of drug-likeness (QED) is 0.712. The molecule has 0 aliphatic rings. The summed E-state index contributed by atoms with van der Waals surface area (Å²) in [5, 5.41) is 10.8. The molecule has 0 saturated carbocycles. The Morgan fingerprint density at radius 2 is 2.06 bits per heavy atom. The summed E-state index contributed by atoms with van der Waals surface area (Å²) in [4.78, 5) is 21.5. The lowest BCUT2D eigenvalue weighted by Gasteiger charge is -2.15. The van der Waals surface area contributed by atoms with Gasteiger partial charge in [-0.25, -0.2) is 0 Å². The fraction of sp³-hybridized carbons (Fsp3) is 0.273. The molecule has 7 heteroatoms. The maximum atomic E-state index is 10.8. The number of carbonyl (C=O) groups is 2. The van der Waals surface area contributed by atoms with Crippen molar-refractivity contribution in [3.8, 4) is 11.5 Å². The molecule has 1 rings (SSSR count). The van der Waals surface area contributed by atoms with Crippen molar-refractivity contribution in [3.05, 3.63) is 21.3 Å². The van der Waals surface area contributed by atoms with Gasteiger partial charge in [0, 0.05) is 5.56 Å². The van der Waals surface area contributed by atoms with Crippen LogP contribution in [0.5, 0.6) is 11.5 Å². The van der Waals surface area contributed by atoms with Crippen molar-refractivity contribution in [3.63, 3.8) is 0 Å². The normalized spacial score (nSPS) is 9.89. The number of rotatable bonds is 6. The van der Waals surface area contributed by atoms with Crippen LogP contribution in [0, 0.1) is 3.57 Å². The number of hydrogen-bond acceptors (Lipinski definition) is 5. The fourth-order valence-electron chi connectivity index (χ4n) is 1.23. The van der Waals surface area contributed by atoms with E-state index in [9.17, 15) is 14.7 Å². The number of carbonyl (C=O) groups excluding carboxylic acids is 2. The Kier molecular flexibility index (Phi) is 5.20. The molecule has 0 saturated heterocycles. The number of hydrogen-bond donors (Lipinski definition) is 1. The number of carboxylic acids is 1. The van der Waals surface area contributed by atoms with Crippen LogP contribution >= 0.6 is 22.6 Å². The van der Waals surface area contributed by atoms with Gasteiger partial charge in [-0.3, -0.25) is 4.79 Å². The Bertz CT molecular complexity index is 475.